The predicted octanol–water partition coefficient (Wildman–Crippen LogP) is 4.35. The monoisotopic (exact) mass is 348 g/mol. The molecule has 2 aromatic heterocycles. The van der Waals surface area contributed by atoms with E-state index < -0.39 is 0 Å². The zero-order valence-corrected chi connectivity index (χ0v) is 15.4. The Balaban J connectivity index is 1.86. The molecule has 4 rings (SSSR count). The van der Waals surface area contributed by atoms with Crippen molar-refractivity contribution < 1.29 is 4.79 Å². The van der Waals surface area contributed by atoms with Gasteiger partial charge in [0.25, 0.3) is 5.91 Å². The molecule has 26 heavy (non-hydrogen) atoms. The SMILES string of the molecule is CCn1nc(C)cc1C(=O)N(c1cccc2cccnc12)C1CCCC1. The zero-order valence-electron chi connectivity index (χ0n) is 15.4. The Hall–Kier alpha value is -2.69. The summed E-state index contributed by atoms with van der Waals surface area (Å²) >= 11 is 0. The summed E-state index contributed by atoms with van der Waals surface area (Å²) in [7, 11) is 0. The smallest absolute Gasteiger partial charge is 0.276 e. The maximum Gasteiger partial charge on any atom is 0.276 e. The molecule has 0 N–H and O–H groups in total. The van der Waals surface area contributed by atoms with E-state index in [4.69, 9.17) is 0 Å². The van der Waals surface area contributed by atoms with Crippen LogP contribution in [0, 0.1) is 6.92 Å². The lowest BCUT2D eigenvalue weighted by molar-refractivity contribution is 0.0967. The van der Waals surface area contributed by atoms with E-state index in [0.717, 1.165) is 35.1 Å². The number of fused-ring (bicyclic) bond motifs is 1. The van der Waals surface area contributed by atoms with E-state index in [1.807, 2.05) is 55.1 Å². The summed E-state index contributed by atoms with van der Waals surface area (Å²) in [5.74, 6) is 0.0255. The molecular weight excluding hydrogens is 324 g/mol. The molecule has 1 aliphatic rings. The first-order valence-electron chi connectivity index (χ1n) is 9.41. The third-order valence-corrected chi connectivity index (χ3v) is 5.20. The van der Waals surface area contributed by atoms with Crippen molar-refractivity contribution in [3.63, 3.8) is 0 Å². The van der Waals surface area contributed by atoms with Gasteiger partial charge in [0.05, 0.1) is 16.9 Å². The number of benzene rings is 1. The van der Waals surface area contributed by atoms with Gasteiger partial charge in [-0.05, 0) is 44.9 Å². The van der Waals surface area contributed by atoms with Crippen LogP contribution >= 0.6 is 0 Å². The minimum Gasteiger partial charge on any atom is -0.302 e. The number of carbonyl (C=O) groups excluding carboxylic acids is 1. The molecule has 1 amide bonds. The van der Waals surface area contributed by atoms with Gasteiger partial charge < -0.3 is 4.90 Å². The number of aromatic nitrogens is 3. The Kier molecular flexibility index (Phi) is 4.45. The van der Waals surface area contributed by atoms with Gasteiger partial charge in [-0.25, -0.2) is 0 Å². The fraction of sp³-hybridized carbons (Fsp3) is 0.381. The summed E-state index contributed by atoms with van der Waals surface area (Å²) in [5.41, 5.74) is 3.32. The lowest BCUT2D eigenvalue weighted by Crippen LogP contribution is -2.40. The largest absolute Gasteiger partial charge is 0.302 e. The van der Waals surface area contributed by atoms with Crippen molar-refractivity contribution in [3.8, 4) is 0 Å². The van der Waals surface area contributed by atoms with Crippen molar-refractivity contribution in [2.75, 3.05) is 4.90 Å². The van der Waals surface area contributed by atoms with E-state index in [9.17, 15) is 4.79 Å². The number of nitrogens with zero attached hydrogens (tertiary/aromatic N) is 4. The molecule has 0 atom stereocenters. The standard InChI is InChI=1S/C21H24N4O/c1-3-24-19(14-15(2)23-24)21(26)25(17-10-4-5-11-17)18-12-6-8-16-9-7-13-22-20(16)18/h6-9,12-14,17H,3-5,10-11H2,1-2H3. The third kappa shape index (κ3) is 2.87. The summed E-state index contributed by atoms with van der Waals surface area (Å²) in [6.07, 6.45) is 6.20. The van der Waals surface area contributed by atoms with Gasteiger partial charge in [0.2, 0.25) is 0 Å². The highest BCUT2D eigenvalue weighted by Gasteiger charge is 2.31. The molecule has 5 heteroatoms. The Morgan fingerprint density at radius 3 is 2.77 bits per heavy atom. The first kappa shape index (κ1) is 16.8. The Labute approximate surface area is 153 Å². The molecule has 0 aliphatic heterocycles. The molecule has 1 fully saturated rings. The van der Waals surface area contributed by atoms with Gasteiger partial charge in [-0.2, -0.15) is 5.10 Å². The number of aryl methyl sites for hydroxylation is 2. The quantitative estimate of drug-likeness (QED) is 0.704. The minimum absolute atomic E-state index is 0.0255. The van der Waals surface area contributed by atoms with Crippen molar-refractivity contribution in [2.45, 2.75) is 52.1 Å². The highest BCUT2D eigenvalue weighted by Crippen LogP contribution is 2.33. The van der Waals surface area contributed by atoms with Gasteiger partial charge in [0, 0.05) is 24.2 Å². The van der Waals surface area contributed by atoms with Crippen LogP contribution in [-0.4, -0.2) is 26.7 Å². The van der Waals surface area contributed by atoms with Gasteiger partial charge in [-0.15, -0.1) is 0 Å². The molecule has 1 saturated carbocycles. The molecule has 1 aromatic carbocycles. The van der Waals surface area contributed by atoms with Crippen LogP contribution in [0.25, 0.3) is 10.9 Å². The summed E-state index contributed by atoms with van der Waals surface area (Å²) < 4.78 is 1.80. The van der Waals surface area contributed by atoms with Gasteiger partial charge in [-0.3, -0.25) is 14.5 Å². The molecule has 2 heterocycles. The fourth-order valence-corrected chi connectivity index (χ4v) is 4.00. The summed E-state index contributed by atoms with van der Waals surface area (Å²) in [5, 5.41) is 5.53. The van der Waals surface area contributed by atoms with Crippen LogP contribution in [0.4, 0.5) is 5.69 Å². The first-order chi connectivity index (χ1) is 12.7. The molecule has 0 saturated heterocycles. The first-order valence-corrected chi connectivity index (χ1v) is 9.41. The van der Waals surface area contributed by atoms with Gasteiger partial charge in [0.15, 0.2) is 0 Å². The predicted molar refractivity (Wildman–Crippen MR) is 103 cm³/mol. The lowest BCUT2D eigenvalue weighted by atomic mass is 10.1. The van der Waals surface area contributed by atoms with Crippen LogP contribution in [0.3, 0.4) is 0 Å². The molecular formula is C21H24N4O. The molecule has 1 aliphatic carbocycles. The van der Waals surface area contributed by atoms with E-state index >= 15 is 0 Å². The number of hydrogen-bond donors (Lipinski definition) is 0. The van der Waals surface area contributed by atoms with E-state index in [0.29, 0.717) is 12.2 Å². The molecule has 0 radical (unpaired) electrons. The summed E-state index contributed by atoms with van der Waals surface area (Å²) in [4.78, 5) is 20.2. The van der Waals surface area contributed by atoms with E-state index in [2.05, 4.69) is 10.1 Å². The third-order valence-electron chi connectivity index (χ3n) is 5.20. The number of carbonyl (C=O) groups is 1. The second kappa shape index (κ2) is 6.90. The van der Waals surface area contributed by atoms with Crippen molar-refractivity contribution in [1.29, 1.82) is 0 Å². The highest BCUT2D eigenvalue weighted by atomic mass is 16.2. The molecule has 134 valence electrons. The topological polar surface area (TPSA) is 51.0 Å². The van der Waals surface area contributed by atoms with Crippen LogP contribution < -0.4 is 4.90 Å². The zero-order chi connectivity index (χ0) is 18.1. The average Bonchev–Trinajstić information content (AvgIpc) is 3.31. The lowest BCUT2D eigenvalue weighted by Gasteiger charge is -2.30. The van der Waals surface area contributed by atoms with Crippen LogP contribution in [0.15, 0.2) is 42.6 Å². The number of anilines is 1. The van der Waals surface area contributed by atoms with Gasteiger partial charge in [-0.1, -0.05) is 31.0 Å². The van der Waals surface area contributed by atoms with Crippen LogP contribution in [0.2, 0.25) is 0 Å². The number of amides is 1. The molecule has 0 unspecified atom stereocenters. The number of pyridine rings is 1. The molecule has 5 nitrogen and oxygen atoms in total. The maximum absolute atomic E-state index is 13.6. The summed E-state index contributed by atoms with van der Waals surface area (Å²) in [6.45, 7) is 4.63. The summed E-state index contributed by atoms with van der Waals surface area (Å²) in [6, 6.07) is 12.2. The Morgan fingerprint density at radius 2 is 2.00 bits per heavy atom. The number of rotatable bonds is 4. The van der Waals surface area contributed by atoms with E-state index in [-0.39, 0.29) is 11.9 Å². The van der Waals surface area contributed by atoms with Crippen molar-refractivity contribution in [2.24, 2.45) is 0 Å². The highest BCUT2D eigenvalue weighted by molar-refractivity contribution is 6.09. The van der Waals surface area contributed by atoms with Crippen LogP contribution in [-0.2, 0) is 6.54 Å². The van der Waals surface area contributed by atoms with Crippen molar-refractivity contribution in [1.82, 2.24) is 14.8 Å². The van der Waals surface area contributed by atoms with Crippen molar-refractivity contribution in [3.05, 3.63) is 54.0 Å². The Morgan fingerprint density at radius 1 is 1.23 bits per heavy atom. The van der Waals surface area contributed by atoms with E-state index in [1.165, 1.54) is 12.8 Å². The van der Waals surface area contributed by atoms with Gasteiger partial charge in [0.1, 0.15) is 5.69 Å². The minimum atomic E-state index is 0.0255. The van der Waals surface area contributed by atoms with E-state index in [1.54, 1.807) is 10.9 Å². The second-order valence-electron chi connectivity index (χ2n) is 6.95. The van der Waals surface area contributed by atoms with Gasteiger partial charge >= 0.3 is 0 Å². The Bertz CT molecular complexity index is 935. The molecule has 3 aromatic rings. The van der Waals surface area contributed by atoms with Crippen LogP contribution in [0.5, 0.6) is 0 Å². The maximum atomic E-state index is 13.6. The molecule has 0 spiro atoms. The fourth-order valence-electron chi connectivity index (χ4n) is 4.00. The average molecular weight is 348 g/mol. The normalized spacial score (nSPS) is 14.8. The molecule has 0 bridgehead atoms. The van der Waals surface area contributed by atoms with Crippen LogP contribution in [0.1, 0.15) is 48.8 Å². The number of para-hydroxylation sites is 1. The number of hydrogen-bond acceptors (Lipinski definition) is 3. The van der Waals surface area contributed by atoms with Crippen molar-refractivity contribution >= 4 is 22.5 Å². The second-order valence-corrected chi connectivity index (χ2v) is 6.95.